The van der Waals surface area contributed by atoms with Crippen LogP contribution >= 0.6 is 0 Å². The molecule has 2 rings (SSSR count). The topological polar surface area (TPSA) is 44.9 Å². The molecule has 1 aromatic heterocycles. The van der Waals surface area contributed by atoms with Crippen molar-refractivity contribution in [3.05, 3.63) is 18.0 Å². The minimum absolute atomic E-state index is 0.793. The molecule has 14 heavy (non-hydrogen) atoms. The zero-order valence-electron chi connectivity index (χ0n) is 8.53. The molecule has 4 nitrogen and oxygen atoms in total. The van der Waals surface area contributed by atoms with E-state index in [0.717, 1.165) is 43.9 Å². The minimum Gasteiger partial charge on any atom is -0.360 e. The predicted octanol–water partition coefficient (Wildman–Crippen LogP) is 1.04. The molecule has 0 spiro atoms. The highest BCUT2D eigenvalue weighted by Crippen LogP contribution is 2.10. The molecule has 0 amide bonds. The number of aromatic nitrogens is 2. The molecule has 1 aliphatic rings. The van der Waals surface area contributed by atoms with E-state index in [1.54, 1.807) is 0 Å². The highest BCUT2D eigenvalue weighted by Gasteiger charge is 2.16. The molecule has 1 aliphatic heterocycles. The highest BCUT2D eigenvalue weighted by molar-refractivity contribution is 5.80. The number of hydrogen-bond acceptors (Lipinski definition) is 2. The first-order valence-corrected chi connectivity index (χ1v) is 5.06. The fraction of sp³-hybridized carbons (Fsp3) is 0.600. The van der Waals surface area contributed by atoms with Crippen molar-refractivity contribution in [1.29, 1.82) is 5.41 Å². The van der Waals surface area contributed by atoms with E-state index in [1.165, 1.54) is 0 Å². The second-order valence-electron chi connectivity index (χ2n) is 3.77. The molecule has 0 radical (unpaired) electrons. The van der Waals surface area contributed by atoms with Crippen molar-refractivity contribution in [2.24, 2.45) is 7.05 Å². The Labute approximate surface area is 84.0 Å². The lowest BCUT2D eigenvalue weighted by Crippen LogP contribution is -2.26. The van der Waals surface area contributed by atoms with Gasteiger partial charge in [-0.3, -0.25) is 10.1 Å². The van der Waals surface area contributed by atoms with Gasteiger partial charge in [0.15, 0.2) is 0 Å². The van der Waals surface area contributed by atoms with Gasteiger partial charge in [0.2, 0.25) is 0 Å². The standard InChI is InChI=1S/C10H16N4/c1-13-7-4-9(12-13)5-8-14-6-2-3-10(14)11/h4,7,11H,2-3,5-6,8H2,1H3. The summed E-state index contributed by atoms with van der Waals surface area (Å²) in [5, 5.41) is 12.0. The molecule has 1 aromatic rings. The summed E-state index contributed by atoms with van der Waals surface area (Å²) in [5.74, 6) is 0.793. The molecule has 0 bridgehead atoms. The maximum atomic E-state index is 7.68. The van der Waals surface area contributed by atoms with Crippen LogP contribution < -0.4 is 0 Å². The first-order valence-electron chi connectivity index (χ1n) is 5.06. The second kappa shape index (κ2) is 3.82. The Hall–Kier alpha value is -1.32. The van der Waals surface area contributed by atoms with Gasteiger partial charge in [0.1, 0.15) is 0 Å². The van der Waals surface area contributed by atoms with Crippen molar-refractivity contribution in [3.63, 3.8) is 0 Å². The molecule has 0 aromatic carbocycles. The largest absolute Gasteiger partial charge is 0.360 e. The molecular weight excluding hydrogens is 176 g/mol. The number of likely N-dealkylation sites (tertiary alicyclic amines) is 1. The number of aryl methyl sites for hydroxylation is 1. The predicted molar refractivity (Wildman–Crippen MR) is 55.4 cm³/mol. The molecule has 1 fully saturated rings. The van der Waals surface area contributed by atoms with Gasteiger partial charge >= 0.3 is 0 Å². The van der Waals surface area contributed by atoms with E-state index >= 15 is 0 Å². The summed E-state index contributed by atoms with van der Waals surface area (Å²) in [5.41, 5.74) is 1.12. The number of amidine groups is 1. The number of hydrogen-bond donors (Lipinski definition) is 1. The van der Waals surface area contributed by atoms with Crippen LogP contribution in [0.25, 0.3) is 0 Å². The van der Waals surface area contributed by atoms with Crippen LogP contribution in [-0.2, 0) is 13.5 Å². The van der Waals surface area contributed by atoms with Crippen LogP contribution in [0.15, 0.2) is 12.3 Å². The normalized spacial score (nSPS) is 16.6. The molecule has 1 saturated heterocycles. The third-order valence-corrected chi connectivity index (χ3v) is 2.63. The maximum Gasteiger partial charge on any atom is 0.0958 e. The van der Waals surface area contributed by atoms with Crippen molar-refractivity contribution < 1.29 is 0 Å². The van der Waals surface area contributed by atoms with Gasteiger partial charge in [-0.1, -0.05) is 0 Å². The maximum absolute atomic E-state index is 7.68. The van der Waals surface area contributed by atoms with Crippen LogP contribution in [0.4, 0.5) is 0 Å². The molecule has 0 atom stereocenters. The monoisotopic (exact) mass is 192 g/mol. The smallest absolute Gasteiger partial charge is 0.0958 e. The second-order valence-corrected chi connectivity index (χ2v) is 3.77. The van der Waals surface area contributed by atoms with E-state index in [9.17, 15) is 0 Å². The quantitative estimate of drug-likeness (QED) is 0.777. The van der Waals surface area contributed by atoms with Crippen molar-refractivity contribution >= 4 is 5.84 Å². The van der Waals surface area contributed by atoms with Crippen LogP contribution in [0.3, 0.4) is 0 Å². The molecule has 0 unspecified atom stereocenters. The summed E-state index contributed by atoms with van der Waals surface area (Å²) in [6.07, 6.45) is 5.00. The Bertz CT molecular complexity index is 329. The van der Waals surface area contributed by atoms with Crippen LogP contribution in [-0.4, -0.2) is 33.6 Å². The Kier molecular flexibility index (Phi) is 2.52. The zero-order valence-corrected chi connectivity index (χ0v) is 8.53. The van der Waals surface area contributed by atoms with Gasteiger partial charge in [-0.05, 0) is 12.5 Å². The van der Waals surface area contributed by atoms with Crippen LogP contribution in [0, 0.1) is 5.41 Å². The summed E-state index contributed by atoms with van der Waals surface area (Å²) < 4.78 is 1.82. The molecule has 2 heterocycles. The van der Waals surface area contributed by atoms with E-state index in [0.29, 0.717) is 0 Å². The van der Waals surface area contributed by atoms with E-state index in [4.69, 9.17) is 5.41 Å². The molecule has 0 aliphatic carbocycles. The fourth-order valence-electron chi connectivity index (χ4n) is 1.82. The first-order chi connectivity index (χ1) is 6.75. The lowest BCUT2D eigenvalue weighted by Gasteiger charge is -2.16. The molecule has 4 heteroatoms. The van der Waals surface area contributed by atoms with Crippen LogP contribution in [0.2, 0.25) is 0 Å². The minimum atomic E-state index is 0.793. The Morgan fingerprint density at radius 1 is 1.57 bits per heavy atom. The number of nitrogens with zero attached hydrogens (tertiary/aromatic N) is 3. The van der Waals surface area contributed by atoms with E-state index < -0.39 is 0 Å². The molecule has 0 saturated carbocycles. The Morgan fingerprint density at radius 3 is 3.00 bits per heavy atom. The number of rotatable bonds is 3. The third kappa shape index (κ3) is 1.95. The Morgan fingerprint density at radius 2 is 2.43 bits per heavy atom. The van der Waals surface area contributed by atoms with Gasteiger partial charge < -0.3 is 4.90 Å². The number of nitrogens with one attached hydrogen (secondary N) is 1. The third-order valence-electron chi connectivity index (χ3n) is 2.63. The summed E-state index contributed by atoms with van der Waals surface area (Å²) in [6, 6.07) is 2.04. The van der Waals surface area contributed by atoms with Crippen LogP contribution in [0.1, 0.15) is 18.5 Å². The average molecular weight is 192 g/mol. The van der Waals surface area contributed by atoms with Gasteiger partial charge in [0, 0.05) is 39.2 Å². The van der Waals surface area contributed by atoms with Crippen molar-refractivity contribution in [1.82, 2.24) is 14.7 Å². The van der Waals surface area contributed by atoms with Crippen molar-refractivity contribution in [3.8, 4) is 0 Å². The summed E-state index contributed by atoms with van der Waals surface area (Å²) in [4.78, 5) is 2.15. The van der Waals surface area contributed by atoms with Gasteiger partial charge in [-0.25, -0.2) is 0 Å². The van der Waals surface area contributed by atoms with Crippen molar-refractivity contribution in [2.75, 3.05) is 13.1 Å². The van der Waals surface area contributed by atoms with E-state index in [1.807, 2.05) is 24.0 Å². The molecule has 76 valence electrons. The fourth-order valence-corrected chi connectivity index (χ4v) is 1.82. The SMILES string of the molecule is Cn1ccc(CCN2CCCC2=N)n1. The lowest BCUT2D eigenvalue weighted by molar-refractivity contribution is 0.452. The molecular formula is C10H16N4. The summed E-state index contributed by atoms with van der Waals surface area (Å²) in [6.45, 7) is 1.99. The van der Waals surface area contributed by atoms with E-state index in [-0.39, 0.29) is 0 Å². The Balaban J connectivity index is 1.85. The van der Waals surface area contributed by atoms with Crippen molar-refractivity contribution in [2.45, 2.75) is 19.3 Å². The zero-order chi connectivity index (χ0) is 9.97. The van der Waals surface area contributed by atoms with Crippen LogP contribution in [0.5, 0.6) is 0 Å². The van der Waals surface area contributed by atoms with Gasteiger partial charge in [0.25, 0.3) is 0 Å². The molecule has 1 N–H and O–H groups in total. The lowest BCUT2D eigenvalue weighted by atomic mass is 10.3. The summed E-state index contributed by atoms with van der Waals surface area (Å²) in [7, 11) is 1.93. The first kappa shape index (κ1) is 9.24. The van der Waals surface area contributed by atoms with Gasteiger partial charge in [0.05, 0.1) is 11.5 Å². The average Bonchev–Trinajstić information content (AvgIpc) is 2.72. The van der Waals surface area contributed by atoms with Gasteiger partial charge in [-0.15, -0.1) is 0 Å². The van der Waals surface area contributed by atoms with E-state index in [2.05, 4.69) is 10.00 Å². The van der Waals surface area contributed by atoms with Gasteiger partial charge in [-0.2, -0.15) is 5.10 Å². The highest BCUT2D eigenvalue weighted by atomic mass is 15.3. The summed E-state index contributed by atoms with van der Waals surface area (Å²) >= 11 is 0.